The first-order valence-corrected chi connectivity index (χ1v) is 27.2. The molecular formula is C59H94O12. The summed E-state index contributed by atoms with van der Waals surface area (Å²) in [4.78, 5) is 50.9. The number of ether oxygens (including phenoxy) is 5. The van der Waals surface area contributed by atoms with E-state index >= 15 is 0 Å². The fourth-order valence-electron chi connectivity index (χ4n) is 7.51. The minimum atomic E-state index is -1.93. The third-order valence-corrected chi connectivity index (χ3v) is 11.6. The van der Waals surface area contributed by atoms with Crippen molar-refractivity contribution in [1.82, 2.24) is 0 Å². The average molecular weight is 995 g/mol. The number of carboxylic acid groups (broad SMARTS) is 1. The van der Waals surface area contributed by atoms with Gasteiger partial charge in [-0.25, -0.2) is 4.79 Å². The van der Waals surface area contributed by atoms with Crippen LogP contribution in [0.2, 0.25) is 0 Å². The highest BCUT2D eigenvalue weighted by Gasteiger charge is 2.50. The summed E-state index contributed by atoms with van der Waals surface area (Å²) in [6.45, 7) is 5.64. The number of aliphatic hydroxyl groups is 2. The maximum Gasteiger partial charge on any atom is 0.335 e. The van der Waals surface area contributed by atoms with Crippen LogP contribution >= 0.6 is 0 Å². The molecule has 6 atom stereocenters. The average Bonchev–Trinajstić information content (AvgIpc) is 3.35. The molecule has 0 aromatic rings. The van der Waals surface area contributed by atoms with E-state index in [0.717, 1.165) is 96.3 Å². The molecule has 1 rings (SSSR count). The summed E-state index contributed by atoms with van der Waals surface area (Å²) in [6, 6.07) is 0. The molecule has 1 aliphatic heterocycles. The number of unbranched alkanes of at least 4 members (excludes halogenated alkanes) is 14. The van der Waals surface area contributed by atoms with Crippen molar-refractivity contribution in [3.8, 4) is 0 Å². The summed E-state index contributed by atoms with van der Waals surface area (Å²) in [5.74, 6) is -3.29. The summed E-state index contributed by atoms with van der Waals surface area (Å²) >= 11 is 0. The first-order valence-electron chi connectivity index (χ1n) is 27.2. The Morgan fingerprint density at radius 2 is 0.915 bits per heavy atom. The molecule has 0 aromatic heterocycles. The molecule has 0 spiro atoms. The summed E-state index contributed by atoms with van der Waals surface area (Å²) in [7, 11) is 0. The quantitative estimate of drug-likeness (QED) is 0.0228. The van der Waals surface area contributed by atoms with E-state index < -0.39 is 67.3 Å². The van der Waals surface area contributed by atoms with Gasteiger partial charge in [0, 0.05) is 19.3 Å². The molecule has 0 bridgehead atoms. The molecule has 6 unspecified atom stereocenters. The zero-order valence-corrected chi connectivity index (χ0v) is 43.9. The zero-order chi connectivity index (χ0) is 51.8. The van der Waals surface area contributed by atoms with E-state index in [4.69, 9.17) is 23.7 Å². The van der Waals surface area contributed by atoms with E-state index in [1.807, 2.05) is 12.2 Å². The van der Waals surface area contributed by atoms with Crippen molar-refractivity contribution in [3.05, 3.63) is 97.2 Å². The van der Waals surface area contributed by atoms with Gasteiger partial charge in [-0.15, -0.1) is 0 Å². The SMILES string of the molecule is CC/C=C\C/C=C\C/C=C\C/C=C\CCC(=O)OC(COC(=O)CCCCCCC/C=C\CCCCCCCC)COC1OC(C(=O)O)C(O)C(O)C1OC(=O)CCCCC/C=C\C/C=C\C/C=C\CC. The van der Waals surface area contributed by atoms with Gasteiger partial charge in [-0.3, -0.25) is 14.4 Å². The standard InChI is InChI=1S/C59H94O12/c1-4-7-10-13-16-19-22-25-26-29-30-33-36-39-42-45-51(60)67-48-50(69-52(61)46-43-40-37-34-31-27-23-20-17-14-11-8-5-2)49-68-59-57(55(64)54(63)56(71-59)58(65)66)70-53(62)47-44-41-38-35-32-28-24-21-18-15-12-9-6-3/h8-9,11-12,17-18,20-21,25-28,31-32,37,40,50,54-57,59,63-64H,4-7,10,13-16,19,22-24,29-30,33-36,38-39,41-49H2,1-3H3,(H,65,66)/b11-8-,12-9-,20-17-,21-18-,26-25-,31-27-,32-28-,40-37-. The van der Waals surface area contributed by atoms with E-state index in [-0.39, 0.29) is 25.9 Å². The fourth-order valence-corrected chi connectivity index (χ4v) is 7.51. The second kappa shape index (κ2) is 46.7. The van der Waals surface area contributed by atoms with Crippen molar-refractivity contribution in [2.45, 2.75) is 237 Å². The topological polar surface area (TPSA) is 175 Å². The second-order valence-electron chi connectivity index (χ2n) is 18.1. The van der Waals surface area contributed by atoms with Gasteiger partial charge in [-0.05, 0) is 103 Å². The van der Waals surface area contributed by atoms with Crippen molar-refractivity contribution in [1.29, 1.82) is 0 Å². The Morgan fingerprint density at radius 3 is 1.44 bits per heavy atom. The van der Waals surface area contributed by atoms with E-state index in [1.165, 1.54) is 38.5 Å². The van der Waals surface area contributed by atoms with E-state index in [2.05, 4.69) is 106 Å². The number of hydrogen-bond donors (Lipinski definition) is 3. The van der Waals surface area contributed by atoms with E-state index in [1.54, 1.807) is 0 Å². The highest BCUT2D eigenvalue weighted by atomic mass is 16.7. The first kappa shape index (κ1) is 64.7. The van der Waals surface area contributed by atoms with Gasteiger partial charge in [-0.1, -0.05) is 176 Å². The molecule has 0 aliphatic carbocycles. The van der Waals surface area contributed by atoms with Crippen LogP contribution in [0.1, 0.15) is 201 Å². The molecule has 0 amide bonds. The molecule has 1 aliphatic rings. The Bertz CT molecular complexity index is 1610. The van der Waals surface area contributed by atoms with Crippen LogP contribution in [0, 0.1) is 0 Å². The van der Waals surface area contributed by atoms with Gasteiger partial charge >= 0.3 is 23.9 Å². The van der Waals surface area contributed by atoms with Crippen LogP contribution in [-0.4, -0.2) is 89.2 Å². The summed E-state index contributed by atoms with van der Waals surface area (Å²) in [5.41, 5.74) is 0. The normalized spacial score (nSPS) is 19.3. The van der Waals surface area contributed by atoms with Gasteiger partial charge in [0.15, 0.2) is 24.6 Å². The lowest BCUT2D eigenvalue weighted by Gasteiger charge is -2.40. The van der Waals surface area contributed by atoms with Gasteiger partial charge in [0.2, 0.25) is 0 Å². The first-order chi connectivity index (χ1) is 34.6. The monoisotopic (exact) mass is 995 g/mol. The summed E-state index contributed by atoms with van der Waals surface area (Å²) in [5, 5.41) is 31.4. The number of hydrogen-bond acceptors (Lipinski definition) is 11. The molecule has 402 valence electrons. The summed E-state index contributed by atoms with van der Waals surface area (Å²) in [6.07, 6.45) is 48.4. The highest BCUT2D eigenvalue weighted by Crippen LogP contribution is 2.26. The molecule has 0 radical (unpaired) electrons. The molecule has 1 saturated heterocycles. The minimum Gasteiger partial charge on any atom is -0.479 e. The fraction of sp³-hybridized carbons (Fsp3) is 0.661. The molecule has 1 heterocycles. The van der Waals surface area contributed by atoms with Crippen LogP contribution in [0.3, 0.4) is 0 Å². The van der Waals surface area contributed by atoms with Gasteiger partial charge in [0.25, 0.3) is 0 Å². The summed E-state index contributed by atoms with van der Waals surface area (Å²) < 4.78 is 28.2. The molecule has 12 heteroatoms. The number of carbonyl (C=O) groups excluding carboxylic acids is 3. The third kappa shape index (κ3) is 37.1. The number of aliphatic carboxylic acids is 1. The van der Waals surface area contributed by atoms with Gasteiger partial charge < -0.3 is 39.0 Å². The Kier molecular flexibility index (Phi) is 42.5. The molecular weight excluding hydrogens is 901 g/mol. The second-order valence-corrected chi connectivity index (χ2v) is 18.1. The van der Waals surface area contributed by atoms with Gasteiger partial charge in [0.05, 0.1) is 6.61 Å². The van der Waals surface area contributed by atoms with Crippen LogP contribution in [0.4, 0.5) is 0 Å². The van der Waals surface area contributed by atoms with Gasteiger partial charge in [0.1, 0.15) is 18.8 Å². The van der Waals surface area contributed by atoms with Crippen LogP contribution in [0.25, 0.3) is 0 Å². The number of aliphatic hydroxyl groups excluding tert-OH is 2. The minimum absolute atomic E-state index is 0.0122. The lowest BCUT2D eigenvalue weighted by atomic mass is 9.98. The third-order valence-electron chi connectivity index (χ3n) is 11.6. The van der Waals surface area contributed by atoms with E-state index in [9.17, 15) is 34.5 Å². The van der Waals surface area contributed by atoms with Crippen molar-refractivity contribution in [2.24, 2.45) is 0 Å². The highest BCUT2D eigenvalue weighted by molar-refractivity contribution is 5.74. The molecule has 71 heavy (non-hydrogen) atoms. The molecule has 1 fully saturated rings. The van der Waals surface area contributed by atoms with Gasteiger partial charge in [-0.2, -0.15) is 0 Å². The van der Waals surface area contributed by atoms with Crippen LogP contribution in [-0.2, 0) is 42.9 Å². The van der Waals surface area contributed by atoms with Crippen LogP contribution < -0.4 is 0 Å². The molecule has 0 saturated carbocycles. The molecule has 0 aromatic carbocycles. The number of carbonyl (C=O) groups is 4. The predicted molar refractivity (Wildman–Crippen MR) is 284 cm³/mol. The van der Waals surface area contributed by atoms with Crippen molar-refractivity contribution in [3.63, 3.8) is 0 Å². The molecule has 3 N–H and O–H groups in total. The Hall–Kier alpha value is -4.36. The van der Waals surface area contributed by atoms with Crippen molar-refractivity contribution in [2.75, 3.05) is 13.2 Å². The number of rotatable bonds is 44. The lowest BCUT2D eigenvalue weighted by Crippen LogP contribution is -2.61. The number of carboxylic acids is 1. The van der Waals surface area contributed by atoms with E-state index in [0.29, 0.717) is 25.7 Å². The van der Waals surface area contributed by atoms with Crippen LogP contribution in [0.15, 0.2) is 97.2 Å². The van der Waals surface area contributed by atoms with Crippen molar-refractivity contribution < 1.29 is 58.2 Å². The number of esters is 3. The van der Waals surface area contributed by atoms with Crippen LogP contribution in [0.5, 0.6) is 0 Å². The largest absolute Gasteiger partial charge is 0.479 e. The smallest absolute Gasteiger partial charge is 0.335 e. The Labute approximate surface area is 428 Å². The zero-order valence-electron chi connectivity index (χ0n) is 43.9. The Morgan fingerprint density at radius 1 is 0.479 bits per heavy atom. The number of allylic oxidation sites excluding steroid dienone is 16. The molecule has 12 nitrogen and oxygen atoms in total. The maximum atomic E-state index is 13.0. The van der Waals surface area contributed by atoms with Crippen molar-refractivity contribution >= 4 is 23.9 Å². The maximum absolute atomic E-state index is 13.0. The lowest BCUT2D eigenvalue weighted by molar-refractivity contribution is -0.301. The Balaban J connectivity index is 2.79. The predicted octanol–water partition coefficient (Wildman–Crippen LogP) is 13.3.